The van der Waals surface area contributed by atoms with E-state index in [0.717, 1.165) is 24.3 Å². The molecule has 0 aliphatic heterocycles. The molecule has 0 spiro atoms. The minimum Gasteiger partial charge on any atom is -0.379 e. The van der Waals surface area contributed by atoms with E-state index in [1.54, 1.807) is 0 Å². The fourth-order valence-electron chi connectivity index (χ4n) is 2.47. The largest absolute Gasteiger partial charge is 0.379 e. The molecule has 1 N–H and O–H groups in total. The van der Waals surface area contributed by atoms with Crippen LogP contribution in [0.5, 0.6) is 0 Å². The van der Waals surface area contributed by atoms with E-state index in [-0.39, 0.29) is 0 Å². The Kier molecular flexibility index (Phi) is 3.91. The molecular weight excluding hydrogens is 258 g/mol. The van der Waals surface area contributed by atoms with Gasteiger partial charge in [-0.3, -0.25) is 4.68 Å². The second kappa shape index (κ2) is 6.00. The minimum atomic E-state index is 0.455. The summed E-state index contributed by atoms with van der Waals surface area (Å²) < 4.78 is 2.04. The predicted molar refractivity (Wildman–Crippen MR) is 88.5 cm³/mol. The fourth-order valence-corrected chi connectivity index (χ4v) is 2.47. The Balaban J connectivity index is 1.76. The van der Waals surface area contributed by atoms with Crippen molar-refractivity contribution in [3.63, 3.8) is 0 Å². The Morgan fingerprint density at radius 3 is 2.76 bits per heavy atom. The topological polar surface area (TPSA) is 29.9 Å². The lowest BCUT2D eigenvalue weighted by Crippen LogP contribution is -2.06. The van der Waals surface area contributed by atoms with Crippen LogP contribution >= 0.6 is 0 Å². The average Bonchev–Trinajstić information content (AvgIpc) is 3.01. The minimum absolute atomic E-state index is 0.455. The van der Waals surface area contributed by atoms with Gasteiger partial charge in [-0.25, -0.2) is 0 Å². The summed E-state index contributed by atoms with van der Waals surface area (Å²) in [5.41, 5.74) is 2.23. The normalized spacial score (nSPS) is 12.5. The van der Waals surface area contributed by atoms with Gasteiger partial charge in [0.05, 0.1) is 12.2 Å². The van der Waals surface area contributed by atoms with Crippen LogP contribution in [0.4, 0.5) is 5.69 Å². The summed E-state index contributed by atoms with van der Waals surface area (Å²) in [4.78, 5) is 0. The average molecular weight is 279 g/mol. The van der Waals surface area contributed by atoms with E-state index in [1.165, 1.54) is 10.8 Å². The molecule has 0 amide bonds. The predicted octanol–water partition coefficient (Wildman–Crippen LogP) is 4.62. The molecule has 0 radical (unpaired) electrons. The van der Waals surface area contributed by atoms with Gasteiger partial charge in [0.1, 0.15) is 0 Å². The van der Waals surface area contributed by atoms with Crippen LogP contribution in [-0.4, -0.2) is 9.78 Å². The first-order valence-corrected chi connectivity index (χ1v) is 7.53. The van der Waals surface area contributed by atoms with Crippen molar-refractivity contribution in [1.29, 1.82) is 0 Å². The number of nitrogens with zero attached hydrogens (tertiary/aromatic N) is 2. The molecule has 108 valence electrons. The summed E-state index contributed by atoms with van der Waals surface area (Å²) >= 11 is 0. The lowest BCUT2D eigenvalue weighted by molar-refractivity contribution is 0.474. The summed E-state index contributed by atoms with van der Waals surface area (Å²) in [5.74, 6) is 0. The van der Waals surface area contributed by atoms with E-state index in [2.05, 4.69) is 79.0 Å². The van der Waals surface area contributed by atoms with Crippen molar-refractivity contribution < 1.29 is 0 Å². The maximum absolute atomic E-state index is 4.63. The monoisotopic (exact) mass is 279 g/mol. The van der Waals surface area contributed by atoms with Gasteiger partial charge >= 0.3 is 0 Å². The van der Waals surface area contributed by atoms with E-state index in [1.807, 2.05) is 4.68 Å². The summed E-state index contributed by atoms with van der Waals surface area (Å²) in [5, 5.41) is 10.6. The van der Waals surface area contributed by atoms with Gasteiger partial charge in [-0.05, 0) is 30.9 Å². The summed E-state index contributed by atoms with van der Waals surface area (Å²) in [6.07, 6.45) is 3.16. The van der Waals surface area contributed by atoms with Crippen LogP contribution in [0.3, 0.4) is 0 Å². The summed E-state index contributed by atoms with van der Waals surface area (Å²) in [6.45, 7) is 5.12. The summed E-state index contributed by atoms with van der Waals surface area (Å²) in [6, 6.07) is 17.3. The van der Waals surface area contributed by atoms with Crippen LogP contribution in [-0.2, 0) is 6.54 Å². The highest BCUT2D eigenvalue weighted by Gasteiger charge is 2.05. The van der Waals surface area contributed by atoms with Gasteiger partial charge in [-0.15, -0.1) is 0 Å². The molecule has 3 aromatic rings. The third-order valence-electron chi connectivity index (χ3n) is 3.96. The third kappa shape index (κ3) is 2.92. The molecule has 0 bridgehead atoms. The molecule has 0 fully saturated rings. The zero-order valence-electron chi connectivity index (χ0n) is 12.6. The molecule has 1 aromatic heterocycles. The van der Waals surface area contributed by atoms with Gasteiger partial charge in [-0.2, -0.15) is 5.10 Å². The van der Waals surface area contributed by atoms with Crippen LogP contribution in [0.15, 0.2) is 54.7 Å². The number of nitrogens with one attached hydrogen (secondary N) is 1. The quantitative estimate of drug-likeness (QED) is 0.738. The lowest BCUT2D eigenvalue weighted by atomic mass is 10.1. The van der Waals surface area contributed by atoms with Crippen molar-refractivity contribution in [3.8, 4) is 0 Å². The number of fused-ring (bicyclic) bond motifs is 1. The standard InChI is InChI=1S/C18H21N3/c1-3-14(2)21-12-11-16(20-21)13-19-18-10-6-8-15-7-4-5-9-17(15)18/h4-12,14,19H,3,13H2,1-2H3. The smallest absolute Gasteiger partial charge is 0.0815 e. The Hall–Kier alpha value is -2.29. The highest BCUT2D eigenvalue weighted by atomic mass is 15.3. The molecule has 3 rings (SSSR count). The van der Waals surface area contributed by atoms with Crippen molar-refractivity contribution in [2.45, 2.75) is 32.9 Å². The van der Waals surface area contributed by atoms with Gasteiger partial charge in [0.25, 0.3) is 0 Å². The Bertz CT molecular complexity index is 725. The van der Waals surface area contributed by atoms with Crippen LogP contribution in [0, 0.1) is 0 Å². The van der Waals surface area contributed by atoms with E-state index in [4.69, 9.17) is 0 Å². The molecule has 1 unspecified atom stereocenters. The van der Waals surface area contributed by atoms with E-state index in [9.17, 15) is 0 Å². The first kappa shape index (κ1) is 13.7. The first-order valence-electron chi connectivity index (χ1n) is 7.53. The van der Waals surface area contributed by atoms with Crippen molar-refractivity contribution in [2.24, 2.45) is 0 Å². The van der Waals surface area contributed by atoms with Crippen LogP contribution in [0.25, 0.3) is 10.8 Å². The van der Waals surface area contributed by atoms with Crippen molar-refractivity contribution in [2.75, 3.05) is 5.32 Å². The van der Waals surface area contributed by atoms with Crippen molar-refractivity contribution in [3.05, 3.63) is 60.4 Å². The van der Waals surface area contributed by atoms with Gasteiger partial charge in [0.15, 0.2) is 0 Å². The molecule has 3 nitrogen and oxygen atoms in total. The second-order valence-corrected chi connectivity index (χ2v) is 5.42. The number of anilines is 1. The molecule has 1 atom stereocenters. The highest BCUT2D eigenvalue weighted by Crippen LogP contribution is 2.23. The van der Waals surface area contributed by atoms with Crippen LogP contribution in [0.1, 0.15) is 32.0 Å². The van der Waals surface area contributed by atoms with Gasteiger partial charge in [0, 0.05) is 23.3 Å². The van der Waals surface area contributed by atoms with Gasteiger partial charge < -0.3 is 5.32 Å². The Morgan fingerprint density at radius 1 is 1.10 bits per heavy atom. The van der Waals surface area contributed by atoms with Crippen molar-refractivity contribution in [1.82, 2.24) is 9.78 Å². The van der Waals surface area contributed by atoms with Gasteiger partial charge in [-0.1, -0.05) is 43.3 Å². The number of rotatable bonds is 5. The third-order valence-corrected chi connectivity index (χ3v) is 3.96. The maximum Gasteiger partial charge on any atom is 0.0815 e. The molecule has 0 saturated carbocycles. The molecule has 1 heterocycles. The van der Waals surface area contributed by atoms with Crippen LogP contribution in [0.2, 0.25) is 0 Å². The first-order chi connectivity index (χ1) is 10.3. The lowest BCUT2D eigenvalue weighted by Gasteiger charge is -2.10. The highest BCUT2D eigenvalue weighted by molar-refractivity contribution is 5.93. The Labute approximate surface area is 125 Å². The van der Waals surface area contributed by atoms with Crippen LogP contribution < -0.4 is 5.32 Å². The zero-order chi connectivity index (χ0) is 14.7. The van der Waals surface area contributed by atoms with E-state index >= 15 is 0 Å². The van der Waals surface area contributed by atoms with E-state index < -0.39 is 0 Å². The molecule has 0 saturated heterocycles. The Morgan fingerprint density at radius 2 is 1.90 bits per heavy atom. The number of aromatic nitrogens is 2. The summed E-state index contributed by atoms with van der Waals surface area (Å²) in [7, 11) is 0. The van der Waals surface area contributed by atoms with Crippen molar-refractivity contribution >= 4 is 16.5 Å². The number of hydrogen-bond acceptors (Lipinski definition) is 2. The molecular formula is C18H21N3. The number of hydrogen-bond donors (Lipinski definition) is 1. The second-order valence-electron chi connectivity index (χ2n) is 5.42. The van der Waals surface area contributed by atoms with E-state index in [0.29, 0.717) is 6.04 Å². The molecule has 3 heteroatoms. The SMILES string of the molecule is CCC(C)n1ccc(CNc2cccc3ccccc23)n1. The molecule has 2 aromatic carbocycles. The number of benzene rings is 2. The molecule has 21 heavy (non-hydrogen) atoms. The zero-order valence-corrected chi connectivity index (χ0v) is 12.6. The maximum atomic E-state index is 4.63. The van der Waals surface area contributed by atoms with Gasteiger partial charge in [0.2, 0.25) is 0 Å². The molecule has 0 aliphatic carbocycles. The fraction of sp³-hybridized carbons (Fsp3) is 0.278. The molecule has 0 aliphatic rings.